The molecule has 34 heavy (non-hydrogen) atoms. The first-order valence-electron chi connectivity index (χ1n) is 10.7. The summed E-state index contributed by atoms with van der Waals surface area (Å²) in [6.07, 6.45) is 0.0791. The lowest BCUT2D eigenvalue weighted by atomic mass is 10.0. The summed E-state index contributed by atoms with van der Waals surface area (Å²) in [6.45, 7) is 3.92. The zero-order valence-electron chi connectivity index (χ0n) is 19.2. The Morgan fingerprint density at radius 1 is 0.853 bits per heavy atom. The van der Waals surface area contributed by atoms with Crippen molar-refractivity contribution in [2.75, 3.05) is 6.54 Å². The number of nitrogens with one attached hydrogen (secondary N) is 2. The summed E-state index contributed by atoms with van der Waals surface area (Å²) in [5, 5.41) is 29.9. The van der Waals surface area contributed by atoms with E-state index in [1.54, 1.807) is 13.8 Å². The molecule has 0 aromatic rings. The van der Waals surface area contributed by atoms with Crippen LogP contribution in [0.2, 0.25) is 0 Å². The van der Waals surface area contributed by atoms with Crippen LogP contribution in [-0.2, 0) is 24.0 Å². The van der Waals surface area contributed by atoms with Crippen molar-refractivity contribution in [3.05, 3.63) is 0 Å². The highest BCUT2D eigenvalue weighted by Crippen LogP contribution is 2.13. The van der Waals surface area contributed by atoms with Gasteiger partial charge in [0.05, 0.1) is 6.42 Å². The normalized spacial score (nSPS) is 12.7. The van der Waals surface area contributed by atoms with Crippen molar-refractivity contribution in [2.45, 2.75) is 83.5 Å². The molecule has 0 saturated carbocycles. The minimum absolute atomic E-state index is 0.187. The molecule has 0 aliphatic carbocycles. The molecule has 7 N–H and O–H groups in total. The quantitative estimate of drug-likeness (QED) is 0.180. The van der Waals surface area contributed by atoms with Crippen LogP contribution in [0, 0.1) is 5.92 Å². The van der Waals surface area contributed by atoms with Gasteiger partial charge in [-0.15, -0.1) is 0 Å². The molecule has 0 spiro atoms. The molecule has 0 bridgehead atoms. The third-order valence-corrected chi connectivity index (χ3v) is 4.36. The number of carbonyl (C=O) groups is 5. The first-order chi connectivity index (χ1) is 15.6. The summed E-state index contributed by atoms with van der Waals surface area (Å²) >= 11 is 0. The molecule has 0 radical (unpaired) electrons. The molecule has 14 heteroatoms. The summed E-state index contributed by atoms with van der Waals surface area (Å²) in [5.41, 5.74) is 5.42. The average Bonchev–Trinajstić information content (AvgIpc) is 2.69. The van der Waals surface area contributed by atoms with Gasteiger partial charge < -0.3 is 31.7 Å². The third kappa shape index (κ3) is 17.6. The van der Waals surface area contributed by atoms with E-state index in [-0.39, 0.29) is 12.3 Å². The van der Waals surface area contributed by atoms with Gasteiger partial charge in [0.2, 0.25) is 11.8 Å². The lowest BCUT2D eigenvalue weighted by Gasteiger charge is -2.22. The number of halogens is 3. The zero-order valence-corrected chi connectivity index (χ0v) is 19.2. The second-order valence-electron chi connectivity index (χ2n) is 7.75. The van der Waals surface area contributed by atoms with Crippen molar-refractivity contribution < 1.29 is 52.5 Å². The van der Waals surface area contributed by atoms with E-state index in [4.69, 9.17) is 25.8 Å². The van der Waals surface area contributed by atoms with Gasteiger partial charge in [-0.2, -0.15) is 13.2 Å². The SMILES string of the molecule is CC(C)[C@H](NC(=O)[C@H](CC(=O)O)NC(=O)CCCCCCCCN)C(=O)O.O=C(O)C(F)(F)F. The maximum atomic E-state index is 12.2. The highest BCUT2D eigenvalue weighted by molar-refractivity contribution is 5.92. The minimum Gasteiger partial charge on any atom is -0.481 e. The van der Waals surface area contributed by atoms with Crippen LogP contribution < -0.4 is 16.4 Å². The van der Waals surface area contributed by atoms with Crippen molar-refractivity contribution in [1.82, 2.24) is 10.6 Å². The predicted octanol–water partition coefficient (Wildman–Crippen LogP) is 1.49. The fourth-order valence-electron chi connectivity index (χ4n) is 2.55. The Kier molecular flexibility index (Phi) is 17.2. The van der Waals surface area contributed by atoms with Gasteiger partial charge in [0.25, 0.3) is 0 Å². The minimum atomic E-state index is -5.08. The number of carboxylic acid groups (broad SMARTS) is 3. The number of hydrogen-bond donors (Lipinski definition) is 6. The van der Waals surface area contributed by atoms with Crippen molar-refractivity contribution in [2.24, 2.45) is 11.7 Å². The second-order valence-corrected chi connectivity index (χ2v) is 7.75. The first-order valence-corrected chi connectivity index (χ1v) is 10.7. The van der Waals surface area contributed by atoms with Crippen LogP contribution in [0.5, 0.6) is 0 Å². The van der Waals surface area contributed by atoms with Crippen molar-refractivity contribution in [1.29, 1.82) is 0 Å². The van der Waals surface area contributed by atoms with Gasteiger partial charge in [0.1, 0.15) is 12.1 Å². The molecule has 0 aliphatic heterocycles. The predicted molar refractivity (Wildman–Crippen MR) is 114 cm³/mol. The molecule has 0 fully saturated rings. The summed E-state index contributed by atoms with van der Waals surface area (Å²) < 4.78 is 31.7. The fraction of sp³-hybridized carbons (Fsp3) is 0.750. The molecule has 0 rings (SSSR count). The largest absolute Gasteiger partial charge is 0.490 e. The van der Waals surface area contributed by atoms with Crippen LogP contribution in [0.1, 0.15) is 65.2 Å². The lowest BCUT2D eigenvalue weighted by molar-refractivity contribution is -0.192. The number of nitrogens with two attached hydrogens (primary N) is 1. The molecule has 198 valence electrons. The number of rotatable bonds is 15. The Balaban J connectivity index is 0. The van der Waals surface area contributed by atoms with Gasteiger partial charge >= 0.3 is 24.1 Å². The Labute approximate surface area is 195 Å². The van der Waals surface area contributed by atoms with Crippen LogP contribution in [0.15, 0.2) is 0 Å². The van der Waals surface area contributed by atoms with Crippen LogP contribution in [0.25, 0.3) is 0 Å². The Morgan fingerprint density at radius 3 is 1.71 bits per heavy atom. The summed E-state index contributed by atoms with van der Waals surface area (Å²) in [5.74, 6) is -6.84. The van der Waals surface area contributed by atoms with Gasteiger partial charge in [-0.1, -0.05) is 39.5 Å². The number of unbranched alkanes of at least 4 members (excludes halogenated alkanes) is 5. The molecular formula is C20H34F3N3O8. The highest BCUT2D eigenvalue weighted by atomic mass is 19.4. The maximum absolute atomic E-state index is 12.2. The van der Waals surface area contributed by atoms with Gasteiger partial charge in [0.15, 0.2) is 0 Å². The summed E-state index contributed by atoms with van der Waals surface area (Å²) in [4.78, 5) is 55.3. The van der Waals surface area contributed by atoms with E-state index < -0.39 is 54.4 Å². The molecule has 0 aromatic carbocycles. The average molecular weight is 501 g/mol. The monoisotopic (exact) mass is 501 g/mol. The molecule has 0 aliphatic rings. The molecule has 11 nitrogen and oxygen atoms in total. The zero-order chi connectivity index (χ0) is 26.9. The van der Waals surface area contributed by atoms with E-state index in [0.717, 1.165) is 32.1 Å². The summed E-state index contributed by atoms with van der Waals surface area (Å²) in [7, 11) is 0. The van der Waals surface area contributed by atoms with Crippen LogP contribution in [0.4, 0.5) is 13.2 Å². The summed E-state index contributed by atoms with van der Waals surface area (Å²) in [6, 6.07) is -2.46. The molecule has 2 atom stereocenters. The van der Waals surface area contributed by atoms with Gasteiger partial charge in [0, 0.05) is 6.42 Å². The fourth-order valence-corrected chi connectivity index (χ4v) is 2.55. The van der Waals surface area contributed by atoms with E-state index in [9.17, 15) is 32.3 Å². The van der Waals surface area contributed by atoms with E-state index in [1.165, 1.54) is 0 Å². The number of aliphatic carboxylic acids is 3. The van der Waals surface area contributed by atoms with Crippen molar-refractivity contribution in [3.8, 4) is 0 Å². The smallest absolute Gasteiger partial charge is 0.481 e. The number of carbonyl (C=O) groups excluding carboxylic acids is 2. The third-order valence-electron chi connectivity index (χ3n) is 4.36. The van der Waals surface area contributed by atoms with Crippen molar-refractivity contribution in [3.63, 3.8) is 0 Å². The molecule has 0 saturated heterocycles. The second kappa shape index (κ2) is 17.6. The molecule has 2 amide bonds. The Bertz CT molecular complexity index is 672. The number of hydrogen-bond acceptors (Lipinski definition) is 6. The Hall–Kier alpha value is -2.90. The topological polar surface area (TPSA) is 196 Å². The van der Waals surface area contributed by atoms with Crippen LogP contribution in [-0.4, -0.2) is 69.8 Å². The van der Waals surface area contributed by atoms with E-state index in [1.807, 2.05) is 0 Å². The van der Waals surface area contributed by atoms with Gasteiger partial charge in [-0.25, -0.2) is 9.59 Å². The van der Waals surface area contributed by atoms with E-state index in [0.29, 0.717) is 13.0 Å². The first kappa shape index (κ1) is 33.3. The molecule has 0 heterocycles. The number of alkyl halides is 3. The van der Waals surface area contributed by atoms with Crippen LogP contribution >= 0.6 is 0 Å². The number of carboxylic acids is 3. The number of amides is 2. The molecule has 0 unspecified atom stereocenters. The van der Waals surface area contributed by atoms with Gasteiger partial charge in [-0.05, 0) is 25.3 Å². The standard InChI is InChI=1S/C18H33N3O6.C2HF3O2/c1-12(2)16(18(26)27)21-17(25)13(11-15(23)24)20-14(22)9-7-5-3-4-6-8-10-19;3-2(4,5)1(6)7/h12-13,16H,3-11,19H2,1-2H3,(H,20,22)(H,21,25)(H,23,24)(H,26,27);(H,6,7)/t13-,16-;/m0./s1. The lowest BCUT2D eigenvalue weighted by Crippen LogP contribution is -2.53. The van der Waals surface area contributed by atoms with Crippen LogP contribution in [0.3, 0.4) is 0 Å². The van der Waals surface area contributed by atoms with E-state index >= 15 is 0 Å². The highest BCUT2D eigenvalue weighted by Gasteiger charge is 2.38. The Morgan fingerprint density at radius 2 is 1.32 bits per heavy atom. The molecule has 0 aromatic heterocycles. The van der Waals surface area contributed by atoms with Gasteiger partial charge in [-0.3, -0.25) is 14.4 Å². The van der Waals surface area contributed by atoms with Crippen molar-refractivity contribution >= 4 is 29.7 Å². The molecular weight excluding hydrogens is 467 g/mol. The van der Waals surface area contributed by atoms with E-state index in [2.05, 4.69) is 10.6 Å². The maximum Gasteiger partial charge on any atom is 0.490 e.